The molecule has 0 amide bonds. The van der Waals surface area contributed by atoms with Crippen molar-refractivity contribution in [3.05, 3.63) is 0 Å². The zero-order valence-electron chi connectivity index (χ0n) is 9.72. The van der Waals surface area contributed by atoms with E-state index in [0.29, 0.717) is 0 Å². The Balaban J connectivity index is 1.87. The van der Waals surface area contributed by atoms with Gasteiger partial charge in [0.15, 0.2) is 0 Å². The molecule has 0 aromatic carbocycles. The first-order valence-corrected chi connectivity index (χ1v) is 6.07. The molecule has 0 aromatic rings. The molecule has 0 spiro atoms. The molecular formula is C12H25NO. The Morgan fingerprint density at radius 1 is 1.29 bits per heavy atom. The quantitative estimate of drug-likeness (QED) is 0.663. The lowest BCUT2D eigenvalue weighted by Gasteiger charge is -2.22. The molecule has 1 N–H and O–H groups in total. The van der Waals surface area contributed by atoms with Gasteiger partial charge < -0.3 is 10.1 Å². The topological polar surface area (TPSA) is 21.3 Å². The van der Waals surface area contributed by atoms with E-state index in [0.717, 1.165) is 25.0 Å². The van der Waals surface area contributed by atoms with E-state index >= 15 is 0 Å². The predicted octanol–water partition coefficient (Wildman–Crippen LogP) is 2.44. The van der Waals surface area contributed by atoms with E-state index in [1.165, 1.54) is 38.8 Å². The van der Waals surface area contributed by atoms with Crippen molar-refractivity contribution in [1.29, 1.82) is 0 Å². The predicted molar refractivity (Wildman–Crippen MR) is 60.5 cm³/mol. The second-order valence-corrected chi connectivity index (χ2v) is 4.80. The average molecular weight is 199 g/mol. The Labute approximate surface area is 88.4 Å². The largest absolute Gasteiger partial charge is 0.381 e. The van der Waals surface area contributed by atoms with Crippen LogP contribution in [-0.2, 0) is 4.74 Å². The third-order valence-corrected chi connectivity index (χ3v) is 2.91. The third-order valence-electron chi connectivity index (χ3n) is 2.91. The number of ether oxygens (including phenoxy) is 1. The summed E-state index contributed by atoms with van der Waals surface area (Å²) in [4.78, 5) is 0. The highest BCUT2D eigenvalue weighted by atomic mass is 16.5. The van der Waals surface area contributed by atoms with Gasteiger partial charge in [-0.25, -0.2) is 0 Å². The van der Waals surface area contributed by atoms with Crippen LogP contribution in [0.25, 0.3) is 0 Å². The van der Waals surface area contributed by atoms with E-state index < -0.39 is 0 Å². The molecule has 0 bridgehead atoms. The van der Waals surface area contributed by atoms with Crippen molar-refractivity contribution < 1.29 is 4.74 Å². The summed E-state index contributed by atoms with van der Waals surface area (Å²) in [6.07, 6.45) is 5.16. The van der Waals surface area contributed by atoms with Crippen molar-refractivity contribution in [1.82, 2.24) is 5.32 Å². The SMILES string of the molecule is CC(C)CCCNCC1CCOCC1. The molecule has 0 saturated carbocycles. The molecule has 1 saturated heterocycles. The summed E-state index contributed by atoms with van der Waals surface area (Å²) in [5.41, 5.74) is 0. The molecule has 0 radical (unpaired) electrons. The summed E-state index contributed by atoms with van der Waals surface area (Å²) < 4.78 is 5.33. The lowest BCUT2D eigenvalue weighted by Crippen LogP contribution is -2.28. The van der Waals surface area contributed by atoms with Gasteiger partial charge >= 0.3 is 0 Å². The highest BCUT2D eigenvalue weighted by molar-refractivity contribution is 4.65. The fraction of sp³-hybridized carbons (Fsp3) is 1.00. The molecule has 0 aromatic heterocycles. The molecule has 0 aliphatic carbocycles. The van der Waals surface area contributed by atoms with Crippen LogP contribution in [0.4, 0.5) is 0 Å². The van der Waals surface area contributed by atoms with Gasteiger partial charge in [-0.1, -0.05) is 13.8 Å². The fourth-order valence-corrected chi connectivity index (χ4v) is 1.89. The Morgan fingerprint density at radius 3 is 2.64 bits per heavy atom. The number of rotatable bonds is 6. The highest BCUT2D eigenvalue weighted by Crippen LogP contribution is 2.13. The Hall–Kier alpha value is -0.0800. The third kappa shape index (κ3) is 5.61. The van der Waals surface area contributed by atoms with Crippen molar-refractivity contribution in [3.63, 3.8) is 0 Å². The minimum atomic E-state index is 0.847. The summed E-state index contributed by atoms with van der Waals surface area (Å²) in [6, 6.07) is 0. The van der Waals surface area contributed by atoms with Crippen LogP contribution >= 0.6 is 0 Å². The van der Waals surface area contributed by atoms with Crippen LogP contribution in [0.1, 0.15) is 39.5 Å². The maximum absolute atomic E-state index is 5.33. The summed E-state index contributed by atoms with van der Waals surface area (Å²) in [7, 11) is 0. The van der Waals surface area contributed by atoms with Gasteiger partial charge in [-0.2, -0.15) is 0 Å². The summed E-state index contributed by atoms with van der Waals surface area (Å²) >= 11 is 0. The van der Waals surface area contributed by atoms with Crippen molar-refractivity contribution in [2.45, 2.75) is 39.5 Å². The number of hydrogen-bond donors (Lipinski definition) is 1. The van der Waals surface area contributed by atoms with Gasteiger partial charge in [-0.05, 0) is 50.6 Å². The van der Waals surface area contributed by atoms with Crippen LogP contribution in [0.5, 0.6) is 0 Å². The van der Waals surface area contributed by atoms with Crippen molar-refractivity contribution >= 4 is 0 Å². The fourth-order valence-electron chi connectivity index (χ4n) is 1.89. The van der Waals surface area contributed by atoms with E-state index in [1.807, 2.05) is 0 Å². The number of hydrogen-bond acceptors (Lipinski definition) is 2. The first kappa shape index (κ1) is 12.0. The Morgan fingerprint density at radius 2 is 2.00 bits per heavy atom. The van der Waals surface area contributed by atoms with Crippen LogP contribution in [0.15, 0.2) is 0 Å². The summed E-state index contributed by atoms with van der Waals surface area (Å²) in [5.74, 6) is 1.71. The molecule has 2 nitrogen and oxygen atoms in total. The van der Waals surface area contributed by atoms with Crippen LogP contribution in [0.2, 0.25) is 0 Å². The molecule has 1 rings (SSSR count). The maximum Gasteiger partial charge on any atom is 0.0469 e. The minimum absolute atomic E-state index is 0.847. The monoisotopic (exact) mass is 199 g/mol. The van der Waals surface area contributed by atoms with E-state index in [1.54, 1.807) is 0 Å². The molecule has 1 aliphatic rings. The number of nitrogens with one attached hydrogen (secondary N) is 1. The molecule has 1 fully saturated rings. The molecular weight excluding hydrogens is 174 g/mol. The second kappa shape index (κ2) is 7.24. The molecule has 2 heteroatoms. The van der Waals surface area contributed by atoms with Crippen LogP contribution in [0, 0.1) is 11.8 Å². The zero-order chi connectivity index (χ0) is 10.2. The molecule has 1 aliphatic heterocycles. The minimum Gasteiger partial charge on any atom is -0.381 e. The van der Waals surface area contributed by atoms with E-state index in [9.17, 15) is 0 Å². The van der Waals surface area contributed by atoms with Gasteiger partial charge in [0.2, 0.25) is 0 Å². The molecule has 0 unspecified atom stereocenters. The zero-order valence-corrected chi connectivity index (χ0v) is 9.72. The van der Waals surface area contributed by atoms with E-state index in [-0.39, 0.29) is 0 Å². The van der Waals surface area contributed by atoms with Gasteiger partial charge in [0, 0.05) is 13.2 Å². The van der Waals surface area contributed by atoms with Crippen molar-refractivity contribution in [3.8, 4) is 0 Å². The van der Waals surface area contributed by atoms with Crippen molar-refractivity contribution in [2.24, 2.45) is 11.8 Å². The first-order valence-electron chi connectivity index (χ1n) is 6.07. The molecule has 0 atom stereocenters. The van der Waals surface area contributed by atoms with Gasteiger partial charge in [-0.3, -0.25) is 0 Å². The van der Waals surface area contributed by atoms with E-state index in [4.69, 9.17) is 4.74 Å². The van der Waals surface area contributed by atoms with Gasteiger partial charge in [0.25, 0.3) is 0 Å². The van der Waals surface area contributed by atoms with Crippen LogP contribution in [-0.4, -0.2) is 26.3 Å². The Kier molecular flexibility index (Phi) is 6.20. The van der Waals surface area contributed by atoms with Gasteiger partial charge in [0.1, 0.15) is 0 Å². The lowest BCUT2D eigenvalue weighted by atomic mass is 10.0. The molecule has 1 heterocycles. The Bertz CT molecular complexity index is 130. The average Bonchev–Trinajstić information content (AvgIpc) is 2.18. The van der Waals surface area contributed by atoms with Crippen molar-refractivity contribution in [2.75, 3.05) is 26.3 Å². The maximum atomic E-state index is 5.33. The highest BCUT2D eigenvalue weighted by Gasteiger charge is 2.12. The molecule has 84 valence electrons. The van der Waals surface area contributed by atoms with Gasteiger partial charge in [0.05, 0.1) is 0 Å². The smallest absolute Gasteiger partial charge is 0.0469 e. The second-order valence-electron chi connectivity index (χ2n) is 4.80. The summed E-state index contributed by atoms with van der Waals surface area (Å²) in [5, 5.41) is 3.55. The molecule has 14 heavy (non-hydrogen) atoms. The lowest BCUT2D eigenvalue weighted by molar-refractivity contribution is 0.0663. The normalized spacial score (nSPS) is 19.1. The standard InChI is InChI=1S/C12H25NO/c1-11(2)4-3-7-13-10-12-5-8-14-9-6-12/h11-13H,3-10H2,1-2H3. The van der Waals surface area contributed by atoms with Gasteiger partial charge in [-0.15, -0.1) is 0 Å². The van der Waals surface area contributed by atoms with E-state index in [2.05, 4.69) is 19.2 Å². The van der Waals surface area contributed by atoms with Crippen LogP contribution < -0.4 is 5.32 Å². The summed E-state index contributed by atoms with van der Waals surface area (Å²) in [6.45, 7) is 8.91. The van der Waals surface area contributed by atoms with Crippen LogP contribution in [0.3, 0.4) is 0 Å². The first-order chi connectivity index (χ1) is 6.79.